The maximum absolute atomic E-state index is 12.5. The van der Waals surface area contributed by atoms with E-state index in [2.05, 4.69) is 5.32 Å². The number of hydrogen-bond acceptors (Lipinski definition) is 4. The third-order valence-electron chi connectivity index (χ3n) is 3.96. The van der Waals surface area contributed by atoms with Gasteiger partial charge in [0.15, 0.2) is 0 Å². The van der Waals surface area contributed by atoms with Gasteiger partial charge in [-0.05, 0) is 43.5 Å². The predicted octanol–water partition coefficient (Wildman–Crippen LogP) is 2.00. The van der Waals surface area contributed by atoms with E-state index in [1.165, 1.54) is 12.1 Å². The molecule has 1 aliphatic rings. The number of amides is 1. The van der Waals surface area contributed by atoms with Gasteiger partial charge in [0, 0.05) is 11.6 Å². The largest absolute Gasteiger partial charge is 0.341 e. The van der Waals surface area contributed by atoms with Gasteiger partial charge in [0.1, 0.15) is 0 Å². The second kappa shape index (κ2) is 6.70. The van der Waals surface area contributed by atoms with E-state index in [1.54, 1.807) is 0 Å². The van der Waals surface area contributed by atoms with Gasteiger partial charge in [-0.15, -0.1) is 0 Å². The van der Waals surface area contributed by atoms with E-state index in [4.69, 9.17) is 5.73 Å². The Morgan fingerprint density at radius 3 is 2.73 bits per heavy atom. The Kier molecular flexibility index (Phi) is 5.12. The summed E-state index contributed by atoms with van der Waals surface area (Å²) < 4.78 is 48.0. The molecule has 0 unspecified atom stereocenters. The van der Waals surface area contributed by atoms with Gasteiger partial charge in [-0.2, -0.15) is 8.78 Å². The molecule has 1 aromatic rings. The van der Waals surface area contributed by atoms with E-state index in [0.717, 1.165) is 31.4 Å². The summed E-state index contributed by atoms with van der Waals surface area (Å²) in [6.07, 6.45) is 2.52. The van der Waals surface area contributed by atoms with Crippen LogP contribution in [0.15, 0.2) is 29.2 Å². The second-order valence-corrected chi connectivity index (χ2v) is 7.27. The molecule has 0 saturated heterocycles. The third-order valence-corrected chi connectivity index (χ3v) is 5.34. The highest BCUT2D eigenvalue weighted by atomic mass is 32.2. The number of alkyl halides is 2. The second-order valence-electron chi connectivity index (χ2n) is 5.36. The number of carbonyl (C=O) groups excluding carboxylic acids is 1. The summed E-state index contributed by atoms with van der Waals surface area (Å²) in [5.74, 6) is -3.86. The monoisotopic (exact) mass is 332 g/mol. The van der Waals surface area contributed by atoms with Crippen molar-refractivity contribution in [1.29, 1.82) is 0 Å². The molecule has 0 radical (unpaired) electrons. The standard InChI is InChI=1S/C14H18F2N2O3S/c15-14(16)22(20,21)11-5-2-4-10(7-11)18-13(19)12-6-1-3-9(12)8-17/h2,4-5,7,9,12,14H,1,3,6,8,17H2,(H,18,19)/t9-,12-/m1/s1. The molecule has 8 heteroatoms. The lowest BCUT2D eigenvalue weighted by Crippen LogP contribution is -2.29. The summed E-state index contributed by atoms with van der Waals surface area (Å²) in [6.45, 7) is 0.415. The predicted molar refractivity (Wildman–Crippen MR) is 78.1 cm³/mol. The molecule has 2 rings (SSSR count). The van der Waals surface area contributed by atoms with Crippen molar-refractivity contribution < 1.29 is 22.0 Å². The van der Waals surface area contributed by atoms with Crippen molar-refractivity contribution in [2.24, 2.45) is 17.6 Å². The molecule has 22 heavy (non-hydrogen) atoms. The Morgan fingerprint density at radius 2 is 2.09 bits per heavy atom. The van der Waals surface area contributed by atoms with E-state index in [9.17, 15) is 22.0 Å². The van der Waals surface area contributed by atoms with Crippen molar-refractivity contribution in [1.82, 2.24) is 0 Å². The van der Waals surface area contributed by atoms with Crippen LogP contribution in [0.25, 0.3) is 0 Å². The van der Waals surface area contributed by atoms with E-state index in [-0.39, 0.29) is 23.4 Å². The lowest BCUT2D eigenvalue weighted by Gasteiger charge is -2.17. The number of hydrogen-bond donors (Lipinski definition) is 2. The van der Waals surface area contributed by atoms with E-state index in [0.29, 0.717) is 6.54 Å². The van der Waals surface area contributed by atoms with Gasteiger partial charge >= 0.3 is 5.76 Å². The molecule has 0 aromatic heterocycles. The molecule has 1 aromatic carbocycles. The number of carbonyl (C=O) groups is 1. The Hall–Kier alpha value is -1.54. The highest BCUT2D eigenvalue weighted by Crippen LogP contribution is 2.32. The molecule has 0 heterocycles. The zero-order valence-corrected chi connectivity index (χ0v) is 12.7. The van der Waals surface area contributed by atoms with Crippen LogP contribution in [0.1, 0.15) is 19.3 Å². The van der Waals surface area contributed by atoms with Gasteiger partial charge < -0.3 is 11.1 Å². The van der Waals surface area contributed by atoms with Crippen molar-refractivity contribution in [3.8, 4) is 0 Å². The first-order valence-electron chi connectivity index (χ1n) is 6.99. The summed E-state index contributed by atoms with van der Waals surface area (Å²) in [5.41, 5.74) is 5.82. The van der Waals surface area contributed by atoms with E-state index in [1.807, 2.05) is 0 Å². The average Bonchev–Trinajstić information content (AvgIpc) is 2.96. The molecular weight excluding hydrogens is 314 g/mol. The Balaban J connectivity index is 2.16. The fraction of sp³-hybridized carbons (Fsp3) is 0.500. The van der Waals surface area contributed by atoms with Gasteiger partial charge in [0.2, 0.25) is 15.7 Å². The molecule has 1 aliphatic carbocycles. The minimum absolute atomic E-state index is 0.105. The summed E-state index contributed by atoms with van der Waals surface area (Å²) >= 11 is 0. The molecule has 122 valence electrons. The number of anilines is 1. The van der Waals surface area contributed by atoms with Crippen molar-refractivity contribution in [2.75, 3.05) is 11.9 Å². The van der Waals surface area contributed by atoms with Gasteiger partial charge in [-0.25, -0.2) is 8.42 Å². The highest BCUT2D eigenvalue weighted by Gasteiger charge is 2.32. The molecule has 0 bridgehead atoms. The van der Waals surface area contributed by atoms with Crippen molar-refractivity contribution in [2.45, 2.75) is 29.9 Å². The molecule has 5 nitrogen and oxygen atoms in total. The molecule has 1 amide bonds. The topological polar surface area (TPSA) is 89.3 Å². The molecule has 0 aliphatic heterocycles. The molecule has 1 saturated carbocycles. The van der Waals surface area contributed by atoms with Crippen LogP contribution in [0, 0.1) is 11.8 Å². The van der Waals surface area contributed by atoms with Gasteiger partial charge in [0.05, 0.1) is 4.90 Å². The lowest BCUT2D eigenvalue weighted by atomic mass is 9.95. The van der Waals surface area contributed by atoms with Crippen LogP contribution in [-0.2, 0) is 14.6 Å². The van der Waals surface area contributed by atoms with Crippen LogP contribution in [0.4, 0.5) is 14.5 Å². The number of halogens is 2. The van der Waals surface area contributed by atoms with Crippen LogP contribution < -0.4 is 11.1 Å². The minimum Gasteiger partial charge on any atom is -0.330 e. The fourth-order valence-corrected chi connectivity index (χ4v) is 3.52. The number of benzene rings is 1. The Morgan fingerprint density at radius 1 is 1.36 bits per heavy atom. The summed E-state index contributed by atoms with van der Waals surface area (Å²) in [6, 6.07) is 4.91. The minimum atomic E-state index is -4.67. The van der Waals surface area contributed by atoms with Crippen molar-refractivity contribution in [3.05, 3.63) is 24.3 Å². The van der Waals surface area contributed by atoms with Crippen LogP contribution in [-0.4, -0.2) is 26.6 Å². The maximum atomic E-state index is 12.5. The van der Waals surface area contributed by atoms with Crippen LogP contribution >= 0.6 is 0 Å². The molecular formula is C14H18F2N2O3S. The Bertz CT molecular complexity index is 649. The van der Waals surface area contributed by atoms with Gasteiger partial charge in [0.25, 0.3) is 0 Å². The van der Waals surface area contributed by atoms with Crippen LogP contribution in [0.5, 0.6) is 0 Å². The van der Waals surface area contributed by atoms with Crippen molar-refractivity contribution >= 4 is 21.4 Å². The quantitative estimate of drug-likeness (QED) is 0.863. The first-order valence-corrected chi connectivity index (χ1v) is 8.54. The average molecular weight is 332 g/mol. The van der Waals surface area contributed by atoms with Gasteiger partial charge in [-0.1, -0.05) is 12.5 Å². The summed E-state index contributed by atoms with van der Waals surface area (Å²) in [4.78, 5) is 11.7. The van der Waals surface area contributed by atoms with E-state index >= 15 is 0 Å². The SMILES string of the molecule is NC[C@H]1CCC[C@H]1C(=O)Nc1cccc(S(=O)(=O)C(F)F)c1. The highest BCUT2D eigenvalue weighted by molar-refractivity contribution is 7.91. The van der Waals surface area contributed by atoms with Crippen molar-refractivity contribution in [3.63, 3.8) is 0 Å². The lowest BCUT2D eigenvalue weighted by molar-refractivity contribution is -0.120. The summed E-state index contributed by atoms with van der Waals surface area (Å²) in [7, 11) is -4.67. The normalized spacial score (nSPS) is 22.0. The first-order chi connectivity index (χ1) is 10.4. The zero-order chi connectivity index (χ0) is 16.3. The van der Waals surface area contributed by atoms with E-state index < -0.39 is 20.5 Å². The smallest absolute Gasteiger partial charge is 0.330 e. The summed E-state index contributed by atoms with van der Waals surface area (Å²) in [5, 5.41) is 2.60. The molecule has 3 N–H and O–H groups in total. The molecule has 2 atom stereocenters. The molecule has 1 fully saturated rings. The first kappa shape index (κ1) is 16.8. The number of nitrogens with one attached hydrogen (secondary N) is 1. The molecule has 0 spiro atoms. The number of rotatable bonds is 5. The van der Waals surface area contributed by atoms with Crippen LogP contribution in [0.2, 0.25) is 0 Å². The third kappa shape index (κ3) is 3.44. The number of nitrogens with two attached hydrogens (primary N) is 1. The zero-order valence-electron chi connectivity index (χ0n) is 11.8. The number of sulfone groups is 1. The van der Waals surface area contributed by atoms with Crippen LogP contribution in [0.3, 0.4) is 0 Å². The Labute approximate surface area is 127 Å². The maximum Gasteiger partial charge on any atom is 0.341 e. The van der Waals surface area contributed by atoms with Gasteiger partial charge in [-0.3, -0.25) is 4.79 Å². The fourth-order valence-electron chi connectivity index (χ4n) is 2.75.